The van der Waals surface area contributed by atoms with E-state index in [1.54, 1.807) is 12.3 Å². The second-order valence-corrected chi connectivity index (χ2v) is 5.40. The topological polar surface area (TPSA) is 75.1 Å². The Bertz CT molecular complexity index is 803. The third-order valence-corrected chi connectivity index (χ3v) is 4.01. The van der Waals surface area contributed by atoms with Gasteiger partial charge in [0, 0.05) is 35.9 Å². The zero-order valence-corrected chi connectivity index (χ0v) is 11.4. The lowest BCUT2D eigenvalue weighted by Crippen LogP contribution is -2.38. The average molecular weight is 281 g/mol. The molecule has 0 radical (unpaired) electrons. The second kappa shape index (κ2) is 4.73. The van der Waals surface area contributed by atoms with E-state index in [2.05, 4.69) is 20.5 Å². The van der Waals surface area contributed by atoms with Crippen LogP contribution in [0.3, 0.4) is 0 Å². The fraction of sp³-hybridized carbons (Fsp3) is 0.267. The number of hydrogen-bond acceptors (Lipinski definition) is 3. The average Bonchev–Trinajstić information content (AvgIpc) is 3.14. The summed E-state index contributed by atoms with van der Waals surface area (Å²) in [6.45, 7) is 0. The van der Waals surface area contributed by atoms with Gasteiger partial charge in [-0.3, -0.25) is 9.89 Å². The first-order valence-corrected chi connectivity index (χ1v) is 7.04. The van der Waals surface area contributed by atoms with Gasteiger partial charge in [0.2, 0.25) is 0 Å². The molecule has 0 bridgehead atoms. The van der Waals surface area contributed by atoms with Crippen LogP contribution in [0.4, 0.5) is 0 Å². The third-order valence-electron chi connectivity index (χ3n) is 4.01. The van der Waals surface area contributed by atoms with E-state index in [-0.39, 0.29) is 11.9 Å². The monoisotopic (exact) mass is 281 g/mol. The van der Waals surface area contributed by atoms with E-state index in [0.29, 0.717) is 5.56 Å². The summed E-state index contributed by atoms with van der Waals surface area (Å²) in [5, 5.41) is 10.2. The van der Waals surface area contributed by atoms with E-state index in [9.17, 15) is 4.79 Å². The summed E-state index contributed by atoms with van der Waals surface area (Å²) in [7, 11) is 0. The van der Waals surface area contributed by atoms with Crippen molar-refractivity contribution in [2.75, 3.05) is 0 Å². The number of carbonyl (C=O) groups excluding carboxylic acids is 1. The Morgan fingerprint density at radius 3 is 3.33 bits per heavy atom. The van der Waals surface area contributed by atoms with E-state index in [4.69, 9.17) is 0 Å². The number of fused-ring (bicyclic) bond motifs is 2. The van der Waals surface area contributed by atoms with Crippen molar-refractivity contribution in [2.45, 2.75) is 25.3 Å². The van der Waals surface area contributed by atoms with Gasteiger partial charge in [0.1, 0.15) is 5.65 Å². The summed E-state index contributed by atoms with van der Waals surface area (Å²) in [6.07, 6.45) is 9.99. The van der Waals surface area contributed by atoms with Crippen LogP contribution in [0.1, 0.15) is 28.0 Å². The Balaban J connectivity index is 1.50. The molecule has 21 heavy (non-hydrogen) atoms. The molecule has 2 N–H and O–H groups in total. The predicted molar refractivity (Wildman–Crippen MR) is 77.1 cm³/mol. The van der Waals surface area contributed by atoms with E-state index in [1.165, 1.54) is 11.3 Å². The molecule has 3 aromatic heterocycles. The number of aromatic amines is 1. The molecule has 1 amide bonds. The SMILES string of the molecule is O=C(NC1CCc2[nH]ncc2C1)c1ccn2ccnc2c1. The fourth-order valence-electron chi connectivity index (χ4n) is 2.86. The Labute approximate surface area is 121 Å². The normalized spacial score (nSPS) is 17.6. The minimum absolute atomic E-state index is 0.0440. The van der Waals surface area contributed by atoms with Gasteiger partial charge in [-0.15, -0.1) is 0 Å². The molecule has 1 unspecified atom stereocenters. The molecule has 0 saturated heterocycles. The molecule has 6 heteroatoms. The number of nitrogens with zero attached hydrogens (tertiary/aromatic N) is 3. The number of carbonyl (C=O) groups is 1. The molecule has 1 atom stereocenters. The first kappa shape index (κ1) is 12.1. The molecule has 0 saturated carbocycles. The minimum atomic E-state index is -0.0440. The van der Waals surface area contributed by atoms with Crippen LogP contribution >= 0.6 is 0 Å². The first-order chi connectivity index (χ1) is 10.3. The molecule has 0 fully saturated rings. The highest BCUT2D eigenvalue weighted by Gasteiger charge is 2.22. The van der Waals surface area contributed by atoms with Crippen LogP contribution < -0.4 is 5.32 Å². The molecule has 1 aliphatic rings. The number of nitrogens with one attached hydrogen (secondary N) is 2. The molecule has 4 rings (SSSR count). The Kier molecular flexibility index (Phi) is 2.73. The summed E-state index contributed by atoms with van der Waals surface area (Å²) >= 11 is 0. The number of H-pyrrole nitrogens is 1. The maximum atomic E-state index is 12.4. The summed E-state index contributed by atoms with van der Waals surface area (Å²) in [5.74, 6) is -0.0440. The molecule has 6 nitrogen and oxygen atoms in total. The Hall–Kier alpha value is -2.63. The predicted octanol–water partition coefficient (Wildman–Crippen LogP) is 1.34. The van der Waals surface area contributed by atoms with Gasteiger partial charge in [0.05, 0.1) is 6.20 Å². The number of aromatic nitrogens is 4. The van der Waals surface area contributed by atoms with Crippen molar-refractivity contribution in [3.05, 3.63) is 53.7 Å². The van der Waals surface area contributed by atoms with Crippen molar-refractivity contribution < 1.29 is 4.79 Å². The standard InChI is InChI=1S/C15H15N5O/c21-15(10-3-5-20-6-4-16-14(20)8-10)18-12-1-2-13-11(7-12)9-17-19-13/h3-6,8-9,12H,1-2,7H2,(H,17,19)(H,18,21). The van der Waals surface area contributed by atoms with E-state index >= 15 is 0 Å². The zero-order valence-electron chi connectivity index (χ0n) is 11.4. The van der Waals surface area contributed by atoms with E-state index in [1.807, 2.05) is 29.1 Å². The highest BCUT2D eigenvalue weighted by Crippen LogP contribution is 2.19. The summed E-state index contributed by atoms with van der Waals surface area (Å²) in [6, 6.07) is 3.79. The van der Waals surface area contributed by atoms with E-state index < -0.39 is 0 Å². The van der Waals surface area contributed by atoms with Gasteiger partial charge in [0.25, 0.3) is 5.91 Å². The lowest BCUT2D eigenvalue weighted by atomic mass is 9.93. The van der Waals surface area contributed by atoms with Gasteiger partial charge < -0.3 is 9.72 Å². The Morgan fingerprint density at radius 2 is 2.38 bits per heavy atom. The van der Waals surface area contributed by atoms with Gasteiger partial charge in [-0.1, -0.05) is 0 Å². The fourth-order valence-corrected chi connectivity index (χ4v) is 2.86. The Morgan fingerprint density at radius 1 is 1.43 bits per heavy atom. The van der Waals surface area contributed by atoms with Gasteiger partial charge in [-0.25, -0.2) is 4.98 Å². The van der Waals surface area contributed by atoms with Crippen molar-refractivity contribution in [1.29, 1.82) is 0 Å². The van der Waals surface area contributed by atoms with Crippen molar-refractivity contribution in [3.63, 3.8) is 0 Å². The lowest BCUT2D eigenvalue weighted by molar-refractivity contribution is 0.0933. The van der Waals surface area contributed by atoms with Crippen LogP contribution in [0.15, 0.2) is 36.9 Å². The lowest BCUT2D eigenvalue weighted by Gasteiger charge is -2.22. The number of amides is 1. The van der Waals surface area contributed by atoms with E-state index in [0.717, 1.165) is 24.9 Å². The first-order valence-electron chi connectivity index (χ1n) is 7.04. The van der Waals surface area contributed by atoms with Crippen LogP contribution in [-0.4, -0.2) is 31.5 Å². The number of hydrogen-bond donors (Lipinski definition) is 2. The maximum Gasteiger partial charge on any atom is 0.251 e. The highest BCUT2D eigenvalue weighted by atomic mass is 16.1. The number of imidazole rings is 1. The van der Waals surface area contributed by atoms with Crippen molar-refractivity contribution >= 4 is 11.6 Å². The van der Waals surface area contributed by atoms with Crippen molar-refractivity contribution in [2.24, 2.45) is 0 Å². The van der Waals surface area contributed by atoms with Gasteiger partial charge >= 0.3 is 0 Å². The van der Waals surface area contributed by atoms with Crippen LogP contribution in [-0.2, 0) is 12.8 Å². The van der Waals surface area contributed by atoms with Crippen LogP contribution in [0.2, 0.25) is 0 Å². The van der Waals surface area contributed by atoms with Crippen LogP contribution in [0.25, 0.3) is 5.65 Å². The van der Waals surface area contributed by atoms with Crippen molar-refractivity contribution in [3.8, 4) is 0 Å². The van der Waals surface area contributed by atoms with Gasteiger partial charge in [0.15, 0.2) is 0 Å². The molecule has 106 valence electrons. The molecule has 3 heterocycles. The number of pyridine rings is 1. The molecular formula is C15H15N5O. The van der Waals surface area contributed by atoms with Crippen LogP contribution in [0, 0.1) is 0 Å². The summed E-state index contributed by atoms with van der Waals surface area (Å²) in [4.78, 5) is 16.6. The highest BCUT2D eigenvalue weighted by molar-refractivity contribution is 5.95. The quantitative estimate of drug-likeness (QED) is 0.744. The molecule has 0 aromatic carbocycles. The maximum absolute atomic E-state index is 12.4. The largest absolute Gasteiger partial charge is 0.349 e. The van der Waals surface area contributed by atoms with Crippen molar-refractivity contribution in [1.82, 2.24) is 24.9 Å². The molecule has 3 aromatic rings. The number of rotatable bonds is 2. The zero-order chi connectivity index (χ0) is 14.2. The summed E-state index contributed by atoms with van der Waals surface area (Å²) < 4.78 is 1.88. The second-order valence-electron chi connectivity index (χ2n) is 5.40. The molecule has 0 aliphatic heterocycles. The summed E-state index contributed by atoms with van der Waals surface area (Å²) in [5.41, 5.74) is 3.82. The number of aryl methyl sites for hydroxylation is 1. The minimum Gasteiger partial charge on any atom is -0.349 e. The molecule has 1 aliphatic carbocycles. The van der Waals surface area contributed by atoms with Gasteiger partial charge in [-0.05, 0) is 37.0 Å². The molecular weight excluding hydrogens is 266 g/mol. The molecule has 0 spiro atoms. The third kappa shape index (κ3) is 2.18. The van der Waals surface area contributed by atoms with Crippen LogP contribution in [0.5, 0.6) is 0 Å². The van der Waals surface area contributed by atoms with Gasteiger partial charge in [-0.2, -0.15) is 5.10 Å². The smallest absolute Gasteiger partial charge is 0.251 e.